The second kappa shape index (κ2) is 4.97. The van der Waals surface area contributed by atoms with E-state index in [1.165, 1.54) is 24.8 Å². The molecule has 0 bridgehead atoms. The summed E-state index contributed by atoms with van der Waals surface area (Å²) in [4.78, 5) is 0. The van der Waals surface area contributed by atoms with E-state index in [1.807, 2.05) is 6.07 Å². The van der Waals surface area contributed by atoms with Crippen LogP contribution in [0.2, 0.25) is 10.0 Å². The Morgan fingerprint density at radius 2 is 2.06 bits per heavy atom. The predicted molar refractivity (Wildman–Crippen MR) is 75.6 cm³/mol. The molecule has 0 spiro atoms. The zero-order valence-corrected chi connectivity index (χ0v) is 11.8. The topological polar surface area (TPSA) is 12.0 Å². The van der Waals surface area contributed by atoms with Crippen LogP contribution in [0.1, 0.15) is 24.8 Å². The van der Waals surface area contributed by atoms with Crippen LogP contribution in [0.4, 0.5) is 0 Å². The number of hydrogen-bond acceptors (Lipinski definition) is 1. The highest BCUT2D eigenvalue weighted by Gasteiger charge is 2.47. The first-order valence-electron chi connectivity index (χ1n) is 5.89. The summed E-state index contributed by atoms with van der Waals surface area (Å²) in [5.74, 6) is 0.782. The third kappa shape index (κ3) is 2.08. The maximum absolute atomic E-state index is 6.13. The normalized spacial score (nSPS) is 31.1. The quantitative estimate of drug-likeness (QED) is 0.823. The predicted octanol–water partition coefficient (Wildman–Crippen LogP) is 4.06. The van der Waals surface area contributed by atoms with Gasteiger partial charge in [0.25, 0.3) is 0 Å². The van der Waals surface area contributed by atoms with Crippen LogP contribution in [0.25, 0.3) is 0 Å². The molecule has 0 unspecified atom stereocenters. The number of nitrogens with one attached hydrogen (secondary N) is 1. The molecule has 1 N–H and O–H groups in total. The fourth-order valence-electron chi connectivity index (χ4n) is 3.43. The van der Waals surface area contributed by atoms with Gasteiger partial charge in [-0.05, 0) is 43.0 Å². The van der Waals surface area contributed by atoms with Crippen LogP contribution in [-0.4, -0.2) is 13.1 Å². The SMILES string of the molecule is Cl.Clc1ccc([C@@]23CCC[C@@H]2CNC3)cc1Cl. The summed E-state index contributed by atoms with van der Waals surface area (Å²) in [5, 5.41) is 4.86. The van der Waals surface area contributed by atoms with Crippen LogP contribution in [0, 0.1) is 5.92 Å². The molecule has 94 valence electrons. The summed E-state index contributed by atoms with van der Waals surface area (Å²) in [6.45, 7) is 2.25. The molecule has 1 aromatic rings. The number of halogens is 3. The van der Waals surface area contributed by atoms with Crippen LogP contribution >= 0.6 is 35.6 Å². The molecule has 0 amide bonds. The van der Waals surface area contributed by atoms with Gasteiger partial charge < -0.3 is 5.32 Å². The van der Waals surface area contributed by atoms with Crippen molar-refractivity contribution in [2.45, 2.75) is 24.7 Å². The summed E-state index contributed by atoms with van der Waals surface area (Å²) in [6, 6.07) is 6.15. The molecular weight excluding hydrogens is 277 g/mol. The molecule has 0 radical (unpaired) electrons. The molecule has 1 aliphatic carbocycles. The molecule has 2 fully saturated rings. The summed E-state index contributed by atoms with van der Waals surface area (Å²) in [6.07, 6.45) is 3.96. The second-order valence-electron chi connectivity index (χ2n) is 5.01. The Balaban J connectivity index is 0.00000108. The third-order valence-corrected chi connectivity index (χ3v) is 5.02. The van der Waals surface area contributed by atoms with Gasteiger partial charge in [-0.25, -0.2) is 0 Å². The molecule has 1 nitrogen and oxygen atoms in total. The van der Waals surface area contributed by atoms with Crippen molar-refractivity contribution >= 4 is 35.6 Å². The lowest BCUT2D eigenvalue weighted by Gasteiger charge is -2.29. The molecule has 3 rings (SSSR count). The van der Waals surface area contributed by atoms with E-state index < -0.39 is 0 Å². The van der Waals surface area contributed by atoms with Crippen LogP contribution < -0.4 is 5.32 Å². The summed E-state index contributed by atoms with van der Waals surface area (Å²) in [7, 11) is 0. The van der Waals surface area contributed by atoms with Gasteiger partial charge in [0.1, 0.15) is 0 Å². The van der Waals surface area contributed by atoms with E-state index >= 15 is 0 Å². The standard InChI is InChI=1S/C13H15Cl2N.ClH/c14-11-4-3-9(6-12(11)15)13-5-1-2-10(13)7-16-8-13;/h3-4,6,10,16H,1-2,5,7-8H2;1H/t10-,13+;/m1./s1. The largest absolute Gasteiger partial charge is 0.316 e. The van der Waals surface area contributed by atoms with Crippen LogP contribution in [0.5, 0.6) is 0 Å². The molecule has 2 aliphatic rings. The van der Waals surface area contributed by atoms with Crippen LogP contribution in [-0.2, 0) is 5.41 Å². The van der Waals surface area contributed by atoms with E-state index in [9.17, 15) is 0 Å². The Labute approximate surface area is 118 Å². The lowest BCUT2D eigenvalue weighted by molar-refractivity contribution is 0.402. The first-order chi connectivity index (χ1) is 7.72. The van der Waals surface area contributed by atoms with E-state index in [4.69, 9.17) is 23.2 Å². The van der Waals surface area contributed by atoms with Crippen molar-refractivity contribution in [2.75, 3.05) is 13.1 Å². The summed E-state index contributed by atoms with van der Waals surface area (Å²) in [5.41, 5.74) is 1.70. The van der Waals surface area contributed by atoms with E-state index in [-0.39, 0.29) is 12.4 Å². The molecule has 4 heteroatoms. The van der Waals surface area contributed by atoms with Crippen LogP contribution in [0.15, 0.2) is 18.2 Å². The van der Waals surface area contributed by atoms with Gasteiger partial charge in [0, 0.05) is 12.0 Å². The minimum absolute atomic E-state index is 0. The number of hydrogen-bond donors (Lipinski definition) is 1. The minimum Gasteiger partial charge on any atom is -0.316 e. The van der Waals surface area contributed by atoms with Gasteiger partial charge in [-0.2, -0.15) is 0 Å². The smallest absolute Gasteiger partial charge is 0.0595 e. The fourth-order valence-corrected chi connectivity index (χ4v) is 3.73. The van der Waals surface area contributed by atoms with Crippen LogP contribution in [0.3, 0.4) is 0 Å². The number of rotatable bonds is 1. The van der Waals surface area contributed by atoms with E-state index in [0.29, 0.717) is 15.5 Å². The first-order valence-corrected chi connectivity index (χ1v) is 6.64. The molecule has 1 saturated heterocycles. The van der Waals surface area contributed by atoms with Crippen molar-refractivity contribution < 1.29 is 0 Å². The van der Waals surface area contributed by atoms with Gasteiger partial charge in [0.15, 0.2) is 0 Å². The van der Waals surface area contributed by atoms with Gasteiger partial charge in [0.05, 0.1) is 10.0 Å². The maximum Gasteiger partial charge on any atom is 0.0595 e. The Hall–Kier alpha value is 0.0500. The van der Waals surface area contributed by atoms with Crippen molar-refractivity contribution in [3.8, 4) is 0 Å². The van der Waals surface area contributed by atoms with Gasteiger partial charge in [-0.15, -0.1) is 12.4 Å². The molecule has 1 saturated carbocycles. The highest BCUT2D eigenvalue weighted by atomic mass is 35.5. The average molecular weight is 293 g/mol. The summed E-state index contributed by atoms with van der Waals surface area (Å²) >= 11 is 12.1. The molecular formula is C13H16Cl3N. The van der Waals surface area contributed by atoms with Crippen molar-refractivity contribution in [1.82, 2.24) is 5.32 Å². The average Bonchev–Trinajstić information content (AvgIpc) is 2.81. The monoisotopic (exact) mass is 291 g/mol. The highest BCUT2D eigenvalue weighted by Crippen LogP contribution is 2.48. The molecule has 1 aromatic carbocycles. The maximum atomic E-state index is 6.13. The lowest BCUT2D eigenvalue weighted by Crippen LogP contribution is -2.30. The summed E-state index contributed by atoms with van der Waals surface area (Å²) < 4.78 is 0. The highest BCUT2D eigenvalue weighted by molar-refractivity contribution is 6.42. The van der Waals surface area contributed by atoms with Crippen molar-refractivity contribution in [3.05, 3.63) is 33.8 Å². The van der Waals surface area contributed by atoms with Gasteiger partial charge in [-0.1, -0.05) is 35.7 Å². The minimum atomic E-state index is 0. The van der Waals surface area contributed by atoms with Gasteiger partial charge in [-0.3, -0.25) is 0 Å². The zero-order chi connectivity index (χ0) is 11.2. The fraction of sp³-hybridized carbons (Fsp3) is 0.538. The molecule has 17 heavy (non-hydrogen) atoms. The first kappa shape index (κ1) is 13.5. The van der Waals surface area contributed by atoms with E-state index in [0.717, 1.165) is 19.0 Å². The lowest BCUT2D eigenvalue weighted by atomic mass is 9.75. The Morgan fingerprint density at radius 3 is 2.82 bits per heavy atom. The van der Waals surface area contributed by atoms with Crippen molar-refractivity contribution in [3.63, 3.8) is 0 Å². The Kier molecular flexibility index (Phi) is 3.94. The second-order valence-corrected chi connectivity index (χ2v) is 5.82. The number of fused-ring (bicyclic) bond motifs is 1. The van der Waals surface area contributed by atoms with Gasteiger partial charge in [0.2, 0.25) is 0 Å². The molecule has 0 aromatic heterocycles. The van der Waals surface area contributed by atoms with E-state index in [1.54, 1.807) is 0 Å². The molecule has 2 atom stereocenters. The van der Waals surface area contributed by atoms with Gasteiger partial charge >= 0.3 is 0 Å². The Bertz CT molecular complexity index is 409. The number of benzene rings is 1. The molecule has 1 aliphatic heterocycles. The zero-order valence-electron chi connectivity index (χ0n) is 9.51. The van der Waals surface area contributed by atoms with Crippen molar-refractivity contribution in [2.24, 2.45) is 5.92 Å². The van der Waals surface area contributed by atoms with Crippen molar-refractivity contribution in [1.29, 1.82) is 0 Å². The Morgan fingerprint density at radius 1 is 1.24 bits per heavy atom. The molecule has 1 heterocycles. The van der Waals surface area contributed by atoms with E-state index in [2.05, 4.69) is 17.4 Å². The third-order valence-electron chi connectivity index (χ3n) is 4.28.